The summed E-state index contributed by atoms with van der Waals surface area (Å²) in [7, 11) is 0. The summed E-state index contributed by atoms with van der Waals surface area (Å²) < 4.78 is 0. The van der Waals surface area contributed by atoms with Gasteiger partial charge in [0.1, 0.15) is 0 Å². The zero-order chi connectivity index (χ0) is 12.5. The van der Waals surface area contributed by atoms with Crippen molar-refractivity contribution in [1.82, 2.24) is 10.3 Å². The first kappa shape index (κ1) is 11.9. The fourth-order valence-electron chi connectivity index (χ4n) is 2.26. The lowest BCUT2D eigenvalue weighted by molar-refractivity contribution is 0.0819. The lowest BCUT2D eigenvalue weighted by Crippen LogP contribution is -2.53. The number of amides is 1. The molecule has 4 nitrogen and oxygen atoms in total. The molecule has 0 aromatic carbocycles. The predicted octanol–water partition coefficient (Wildman–Crippen LogP) is 2.03. The Hall–Kier alpha value is -1.58. The Morgan fingerprint density at radius 3 is 2.82 bits per heavy atom. The van der Waals surface area contributed by atoms with E-state index in [0.29, 0.717) is 11.3 Å². The van der Waals surface area contributed by atoms with E-state index in [1.807, 2.05) is 6.92 Å². The van der Waals surface area contributed by atoms with Crippen LogP contribution in [0, 0.1) is 6.92 Å². The molecule has 1 amide bonds. The SMILES string of the molecule is CCC1(NC(=O)c2cc(N)cnc2C)CCC1. The van der Waals surface area contributed by atoms with Crippen LogP contribution >= 0.6 is 0 Å². The second-order valence-corrected chi connectivity index (χ2v) is 4.84. The van der Waals surface area contributed by atoms with Crippen LogP contribution in [-0.4, -0.2) is 16.4 Å². The first-order chi connectivity index (χ1) is 8.06. The third-order valence-corrected chi connectivity index (χ3v) is 3.72. The molecule has 0 atom stereocenters. The van der Waals surface area contributed by atoms with Crippen molar-refractivity contribution in [3.63, 3.8) is 0 Å². The number of nitrogens with two attached hydrogens (primary N) is 1. The topological polar surface area (TPSA) is 68.0 Å². The van der Waals surface area contributed by atoms with E-state index >= 15 is 0 Å². The van der Waals surface area contributed by atoms with Gasteiger partial charge in [-0.2, -0.15) is 0 Å². The van der Waals surface area contributed by atoms with Crippen molar-refractivity contribution in [3.05, 3.63) is 23.5 Å². The lowest BCUT2D eigenvalue weighted by Gasteiger charge is -2.42. The number of hydrogen-bond donors (Lipinski definition) is 2. The minimum Gasteiger partial charge on any atom is -0.397 e. The molecule has 0 radical (unpaired) electrons. The summed E-state index contributed by atoms with van der Waals surface area (Å²) in [5.74, 6) is -0.0520. The first-order valence-corrected chi connectivity index (χ1v) is 6.11. The Labute approximate surface area is 102 Å². The number of anilines is 1. The molecule has 1 aliphatic rings. The highest BCUT2D eigenvalue weighted by molar-refractivity contribution is 5.96. The zero-order valence-corrected chi connectivity index (χ0v) is 10.4. The zero-order valence-electron chi connectivity index (χ0n) is 10.4. The molecule has 1 aromatic heterocycles. The number of nitrogens with one attached hydrogen (secondary N) is 1. The van der Waals surface area contributed by atoms with Crippen molar-refractivity contribution >= 4 is 11.6 Å². The number of aryl methyl sites for hydroxylation is 1. The summed E-state index contributed by atoms with van der Waals surface area (Å²) in [6.07, 6.45) is 5.90. The molecule has 4 heteroatoms. The summed E-state index contributed by atoms with van der Waals surface area (Å²) in [4.78, 5) is 16.3. The van der Waals surface area contributed by atoms with E-state index < -0.39 is 0 Å². The van der Waals surface area contributed by atoms with Gasteiger partial charge < -0.3 is 11.1 Å². The average Bonchev–Trinajstić information content (AvgIpc) is 2.26. The highest BCUT2D eigenvalue weighted by Crippen LogP contribution is 2.34. The third kappa shape index (κ3) is 2.25. The summed E-state index contributed by atoms with van der Waals surface area (Å²) in [6.45, 7) is 3.94. The Morgan fingerprint density at radius 1 is 1.59 bits per heavy atom. The molecule has 3 N–H and O–H groups in total. The molecule has 1 heterocycles. The van der Waals surface area contributed by atoms with Gasteiger partial charge in [0.15, 0.2) is 0 Å². The normalized spacial score (nSPS) is 17.3. The van der Waals surface area contributed by atoms with E-state index in [1.165, 1.54) is 6.42 Å². The number of nitrogen functional groups attached to an aromatic ring is 1. The summed E-state index contributed by atoms with van der Waals surface area (Å²) in [5, 5.41) is 3.13. The van der Waals surface area contributed by atoms with Crippen molar-refractivity contribution in [3.8, 4) is 0 Å². The number of nitrogens with zero attached hydrogens (tertiary/aromatic N) is 1. The maximum Gasteiger partial charge on any atom is 0.253 e. The molecule has 0 unspecified atom stereocenters. The maximum atomic E-state index is 12.2. The van der Waals surface area contributed by atoms with Crippen LogP contribution in [0.1, 0.15) is 48.7 Å². The average molecular weight is 233 g/mol. The van der Waals surface area contributed by atoms with Crippen molar-refractivity contribution < 1.29 is 4.79 Å². The number of carbonyl (C=O) groups excluding carboxylic acids is 1. The van der Waals surface area contributed by atoms with Crippen LogP contribution in [-0.2, 0) is 0 Å². The monoisotopic (exact) mass is 233 g/mol. The number of hydrogen-bond acceptors (Lipinski definition) is 3. The molecular weight excluding hydrogens is 214 g/mol. The van der Waals surface area contributed by atoms with Crippen molar-refractivity contribution in [2.24, 2.45) is 0 Å². The molecule has 1 aliphatic carbocycles. The fourth-order valence-corrected chi connectivity index (χ4v) is 2.26. The standard InChI is InChI=1S/C13H19N3O/c1-3-13(5-4-6-13)16-12(17)11-7-10(14)8-15-9(11)2/h7-8H,3-6,14H2,1-2H3,(H,16,17). The number of aromatic nitrogens is 1. The smallest absolute Gasteiger partial charge is 0.253 e. The number of rotatable bonds is 3. The van der Waals surface area contributed by atoms with Gasteiger partial charge in [0.25, 0.3) is 5.91 Å². The Balaban J connectivity index is 2.17. The molecule has 17 heavy (non-hydrogen) atoms. The van der Waals surface area contributed by atoms with Crippen LogP contribution in [0.15, 0.2) is 12.3 Å². The molecule has 0 saturated heterocycles. The second-order valence-electron chi connectivity index (χ2n) is 4.84. The van der Waals surface area contributed by atoms with Gasteiger partial charge in [0.05, 0.1) is 23.1 Å². The predicted molar refractivity (Wildman–Crippen MR) is 67.7 cm³/mol. The molecule has 0 spiro atoms. The van der Waals surface area contributed by atoms with Gasteiger partial charge in [-0.1, -0.05) is 6.92 Å². The van der Waals surface area contributed by atoms with E-state index in [-0.39, 0.29) is 11.4 Å². The quantitative estimate of drug-likeness (QED) is 0.839. The van der Waals surface area contributed by atoms with Crippen LogP contribution in [0.5, 0.6) is 0 Å². The molecule has 92 valence electrons. The number of pyridine rings is 1. The first-order valence-electron chi connectivity index (χ1n) is 6.11. The Bertz CT molecular complexity index is 433. The van der Waals surface area contributed by atoms with Gasteiger partial charge in [-0.05, 0) is 38.7 Å². The van der Waals surface area contributed by atoms with Gasteiger partial charge >= 0.3 is 0 Å². The van der Waals surface area contributed by atoms with Crippen molar-refractivity contribution in [1.29, 1.82) is 0 Å². The van der Waals surface area contributed by atoms with Gasteiger partial charge in [0.2, 0.25) is 0 Å². The van der Waals surface area contributed by atoms with Crippen molar-refractivity contribution in [2.75, 3.05) is 5.73 Å². The van der Waals surface area contributed by atoms with E-state index in [9.17, 15) is 4.79 Å². The largest absolute Gasteiger partial charge is 0.397 e. The molecule has 1 saturated carbocycles. The Morgan fingerprint density at radius 2 is 2.29 bits per heavy atom. The fraction of sp³-hybridized carbons (Fsp3) is 0.538. The van der Waals surface area contributed by atoms with Crippen LogP contribution in [0.4, 0.5) is 5.69 Å². The minimum absolute atomic E-state index is 0.00806. The molecular formula is C13H19N3O. The number of carbonyl (C=O) groups is 1. The Kier molecular flexibility index (Phi) is 3.05. The highest BCUT2D eigenvalue weighted by atomic mass is 16.1. The lowest BCUT2D eigenvalue weighted by atomic mass is 9.74. The molecule has 0 aliphatic heterocycles. The molecule has 1 fully saturated rings. The van der Waals surface area contributed by atoms with E-state index in [0.717, 1.165) is 25.0 Å². The minimum atomic E-state index is -0.0520. The highest BCUT2D eigenvalue weighted by Gasteiger charge is 2.36. The van der Waals surface area contributed by atoms with Gasteiger partial charge in [-0.15, -0.1) is 0 Å². The van der Waals surface area contributed by atoms with E-state index in [1.54, 1.807) is 12.3 Å². The van der Waals surface area contributed by atoms with Crippen LogP contribution < -0.4 is 11.1 Å². The van der Waals surface area contributed by atoms with Gasteiger partial charge in [-0.3, -0.25) is 9.78 Å². The van der Waals surface area contributed by atoms with Crippen LogP contribution in [0.25, 0.3) is 0 Å². The summed E-state index contributed by atoms with van der Waals surface area (Å²) in [5.41, 5.74) is 7.51. The summed E-state index contributed by atoms with van der Waals surface area (Å²) >= 11 is 0. The van der Waals surface area contributed by atoms with Gasteiger partial charge in [-0.25, -0.2) is 0 Å². The van der Waals surface area contributed by atoms with Gasteiger partial charge in [0, 0.05) is 5.54 Å². The third-order valence-electron chi connectivity index (χ3n) is 3.72. The van der Waals surface area contributed by atoms with Crippen LogP contribution in [0.2, 0.25) is 0 Å². The second kappa shape index (κ2) is 4.35. The molecule has 2 rings (SSSR count). The molecule has 1 aromatic rings. The molecule has 0 bridgehead atoms. The maximum absolute atomic E-state index is 12.2. The van der Waals surface area contributed by atoms with E-state index in [2.05, 4.69) is 17.2 Å². The van der Waals surface area contributed by atoms with E-state index in [4.69, 9.17) is 5.73 Å². The van der Waals surface area contributed by atoms with Crippen LogP contribution in [0.3, 0.4) is 0 Å². The van der Waals surface area contributed by atoms with Crippen molar-refractivity contribution in [2.45, 2.75) is 45.1 Å². The summed E-state index contributed by atoms with van der Waals surface area (Å²) in [6, 6.07) is 1.69.